The van der Waals surface area contributed by atoms with Gasteiger partial charge in [-0.25, -0.2) is 4.79 Å². The van der Waals surface area contributed by atoms with E-state index in [1.807, 2.05) is 47.4 Å². The molecule has 3 aromatic rings. The molecule has 2 amide bonds. The van der Waals surface area contributed by atoms with Gasteiger partial charge in [0.1, 0.15) is 17.1 Å². The third kappa shape index (κ3) is 9.31. The summed E-state index contributed by atoms with van der Waals surface area (Å²) in [6, 6.07) is 26.0. The van der Waals surface area contributed by atoms with Crippen molar-refractivity contribution in [3.05, 3.63) is 95.6 Å². The number of hydrogen-bond acceptors (Lipinski definition) is 8. The topological polar surface area (TPSA) is 95.3 Å². The lowest BCUT2D eigenvalue weighted by molar-refractivity contribution is -0.0105. The normalized spacial score (nSPS) is 17.0. The molecule has 3 N–H and O–H groups in total. The summed E-state index contributed by atoms with van der Waals surface area (Å²) in [6.45, 7) is 13.3. The van der Waals surface area contributed by atoms with E-state index in [0.717, 1.165) is 39.7 Å². The molecule has 262 valence electrons. The first-order chi connectivity index (χ1) is 22.9. The second kappa shape index (κ2) is 17.3. The molecule has 1 saturated heterocycles. The predicted octanol–water partition coefficient (Wildman–Crippen LogP) is 7.53. The van der Waals surface area contributed by atoms with Crippen LogP contribution in [-0.4, -0.2) is 83.4 Å². The summed E-state index contributed by atoms with van der Waals surface area (Å²) in [5.41, 5.74) is 7.54. The maximum absolute atomic E-state index is 13.8. The van der Waals surface area contributed by atoms with Crippen molar-refractivity contribution in [3.63, 3.8) is 0 Å². The first-order valence-corrected chi connectivity index (χ1v) is 22.0. The number of nitrogens with zero attached hydrogens (tertiary/aromatic N) is 1. The molecule has 0 radical (unpaired) electrons. The van der Waals surface area contributed by atoms with Crippen molar-refractivity contribution >= 4 is 35.9 Å². The number of methoxy groups -OCH3 is 2. The monoisotopic (exact) mass is 711 g/mol. The first kappa shape index (κ1) is 38.1. The molecule has 0 saturated carbocycles. The van der Waals surface area contributed by atoms with Crippen LogP contribution in [0, 0.1) is 0 Å². The van der Waals surface area contributed by atoms with Crippen molar-refractivity contribution in [3.8, 4) is 11.5 Å². The van der Waals surface area contributed by atoms with E-state index in [1.165, 1.54) is 0 Å². The number of hydrogen-bond donors (Lipinski definition) is 2. The van der Waals surface area contributed by atoms with E-state index in [4.69, 9.17) is 24.4 Å². The second-order valence-electron chi connectivity index (χ2n) is 13.5. The number of benzene rings is 3. The van der Waals surface area contributed by atoms with Gasteiger partial charge in [0, 0.05) is 31.1 Å². The number of nitrogens with one attached hydrogen (secondary N) is 1. The van der Waals surface area contributed by atoms with Crippen LogP contribution in [-0.2, 0) is 14.8 Å². The maximum atomic E-state index is 13.8. The molecule has 1 aliphatic rings. The number of nitrogens with two attached hydrogens (primary N) is 1. The Hall–Kier alpha value is -2.67. The van der Waals surface area contributed by atoms with Gasteiger partial charge in [0.2, 0.25) is 0 Å². The summed E-state index contributed by atoms with van der Waals surface area (Å²) in [5.74, 6) is 3.22. The Morgan fingerprint density at radius 3 is 1.94 bits per heavy atom. The first-order valence-electron chi connectivity index (χ1n) is 16.6. The second-order valence-corrected chi connectivity index (χ2v) is 21.0. The molecular formula is C37H53N3O5S2Si. The molecule has 0 bridgehead atoms. The van der Waals surface area contributed by atoms with Crippen LogP contribution in [0.4, 0.5) is 4.79 Å². The molecule has 0 aliphatic carbocycles. The quantitative estimate of drug-likeness (QED) is 0.0682. The highest BCUT2D eigenvalue weighted by molar-refractivity contribution is 8.76. The van der Waals surface area contributed by atoms with E-state index < -0.39 is 13.9 Å². The van der Waals surface area contributed by atoms with E-state index in [1.54, 1.807) is 35.8 Å². The molecule has 1 heterocycles. The standard InChI is InChI=1S/C37H53N3O5S2Si/c1-36(2,3)48(6,7)45-34-25-31(40(26-34)35(41)39-22-24-47-46-23-21-38)27-44-37(28-11-9-8-10-12-28,29-13-17-32(42-4)18-14-29)30-15-19-33(43-5)20-16-30/h8-20,31,34H,21-27,38H2,1-7H3,(H,39,41)/t31-,34+/m0/s1. The highest BCUT2D eigenvalue weighted by Gasteiger charge is 2.45. The number of carbonyl (C=O) groups is 1. The Morgan fingerprint density at radius 2 is 1.42 bits per heavy atom. The molecule has 8 nitrogen and oxygen atoms in total. The van der Waals surface area contributed by atoms with Crippen molar-refractivity contribution in [2.45, 2.75) is 63.1 Å². The Bertz CT molecular complexity index is 1370. The van der Waals surface area contributed by atoms with Crippen LogP contribution in [0.3, 0.4) is 0 Å². The van der Waals surface area contributed by atoms with E-state index >= 15 is 0 Å². The number of urea groups is 1. The Kier molecular flexibility index (Phi) is 13.8. The van der Waals surface area contributed by atoms with Crippen LogP contribution in [0.2, 0.25) is 18.1 Å². The van der Waals surface area contributed by atoms with Gasteiger partial charge in [-0.05, 0) is 65.5 Å². The van der Waals surface area contributed by atoms with Gasteiger partial charge in [0.05, 0.1) is 33.0 Å². The van der Waals surface area contributed by atoms with E-state index in [-0.39, 0.29) is 23.2 Å². The summed E-state index contributed by atoms with van der Waals surface area (Å²) in [6.07, 6.45) is 0.616. The molecule has 0 aromatic heterocycles. The van der Waals surface area contributed by atoms with Gasteiger partial charge in [-0.3, -0.25) is 0 Å². The fourth-order valence-corrected chi connectivity index (χ4v) is 8.84. The smallest absolute Gasteiger partial charge is 0.317 e. The van der Waals surface area contributed by atoms with Crippen LogP contribution in [0.15, 0.2) is 78.9 Å². The zero-order valence-corrected chi connectivity index (χ0v) is 32.1. The molecule has 11 heteroatoms. The van der Waals surface area contributed by atoms with Crippen molar-refractivity contribution in [2.24, 2.45) is 5.73 Å². The van der Waals surface area contributed by atoms with Crippen LogP contribution in [0.5, 0.6) is 11.5 Å². The highest BCUT2D eigenvalue weighted by Crippen LogP contribution is 2.43. The zero-order chi connectivity index (χ0) is 34.8. The predicted molar refractivity (Wildman–Crippen MR) is 203 cm³/mol. The molecule has 2 atom stereocenters. The SMILES string of the molecule is COc1ccc(C(OC[C@@H]2C[C@@H](O[Si](C)(C)C(C)(C)C)CN2C(=O)NCCSSCCN)(c2ccccc2)c2ccc(OC)cc2)cc1. The van der Waals surface area contributed by atoms with Gasteiger partial charge in [-0.1, -0.05) is 97.0 Å². The maximum Gasteiger partial charge on any atom is 0.317 e. The minimum atomic E-state index is -2.08. The summed E-state index contributed by atoms with van der Waals surface area (Å²) in [4.78, 5) is 15.7. The van der Waals surface area contributed by atoms with Gasteiger partial charge in [0.25, 0.3) is 0 Å². The van der Waals surface area contributed by atoms with Gasteiger partial charge in [0.15, 0.2) is 8.32 Å². The summed E-state index contributed by atoms with van der Waals surface area (Å²) < 4.78 is 25.2. The van der Waals surface area contributed by atoms with Gasteiger partial charge < -0.3 is 34.6 Å². The summed E-state index contributed by atoms with van der Waals surface area (Å²) >= 11 is 0. The number of rotatable bonds is 16. The summed E-state index contributed by atoms with van der Waals surface area (Å²) in [5, 5.41) is 3.21. The molecule has 1 aliphatic heterocycles. The van der Waals surface area contributed by atoms with Crippen LogP contribution in [0.1, 0.15) is 43.9 Å². The van der Waals surface area contributed by atoms with Crippen molar-refractivity contribution in [1.29, 1.82) is 0 Å². The third-order valence-corrected chi connectivity index (χ3v) is 16.3. The average Bonchev–Trinajstić information content (AvgIpc) is 3.48. The fraction of sp³-hybridized carbons (Fsp3) is 0.486. The van der Waals surface area contributed by atoms with Gasteiger partial charge in [-0.2, -0.15) is 0 Å². The minimum absolute atomic E-state index is 0.0539. The number of likely N-dealkylation sites (tertiary alicyclic amines) is 1. The molecule has 3 aromatic carbocycles. The molecule has 1 fully saturated rings. The Balaban J connectivity index is 1.69. The molecule has 0 spiro atoms. The molecular weight excluding hydrogens is 659 g/mol. The molecule has 4 rings (SSSR count). The third-order valence-electron chi connectivity index (χ3n) is 9.32. The van der Waals surface area contributed by atoms with Crippen molar-refractivity contribution in [2.75, 3.05) is 52.0 Å². The lowest BCUT2D eigenvalue weighted by Crippen LogP contribution is -2.47. The summed E-state index contributed by atoms with van der Waals surface area (Å²) in [7, 11) is 4.71. The molecule has 0 unspecified atom stereocenters. The lowest BCUT2D eigenvalue weighted by atomic mass is 9.80. The van der Waals surface area contributed by atoms with Crippen LogP contribution >= 0.6 is 21.6 Å². The van der Waals surface area contributed by atoms with E-state index in [0.29, 0.717) is 32.7 Å². The minimum Gasteiger partial charge on any atom is -0.497 e. The lowest BCUT2D eigenvalue weighted by Gasteiger charge is -2.38. The highest BCUT2D eigenvalue weighted by atomic mass is 33.1. The molecule has 48 heavy (non-hydrogen) atoms. The zero-order valence-electron chi connectivity index (χ0n) is 29.5. The number of amides is 2. The Labute approximate surface area is 296 Å². The Morgan fingerprint density at radius 1 is 0.875 bits per heavy atom. The van der Waals surface area contributed by atoms with Crippen LogP contribution in [0.25, 0.3) is 0 Å². The average molecular weight is 712 g/mol. The largest absolute Gasteiger partial charge is 0.497 e. The number of carbonyl (C=O) groups excluding carboxylic acids is 1. The van der Waals surface area contributed by atoms with Gasteiger partial charge in [-0.15, -0.1) is 0 Å². The number of ether oxygens (including phenoxy) is 3. The van der Waals surface area contributed by atoms with Crippen LogP contribution < -0.4 is 20.5 Å². The van der Waals surface area contributed by atoms with Gasteiger partial charge >= 0.3 is 6.03 Å². The van der Waals surface area contributed by atoms with Crippen molar-refractivity contribution in [1.82, 2.24) is 10.2 Å². The fourth-order valence-electron chi connectivity index (χ4n) is 5.72. The van der Waals surface area contributed by atoms with Crippen molar-refractivity contribution < 1.29 is 23.4 Å². The van der Waals surface area contributed by atoms with E-state index in [2.05, 4.69) is 75.6 Å². The van der Waals surface area contributed by atoms with E-state index in [9.17, 15) is 4.79 Å².